The van der Waals surface area contributed by atoms with Crippen molar-refractivity contribution in [2.24, 2.45) is 5.92 Å². The first-order valence-electron chi connectivity index (χ1n) is 5.86. The molecule has 1 aliphatic carbocycles. The summed E-state index contributed by atoms with van der Waals surface area (Å²) in [5.74, 6) is 1.66. The maximum absolute atomic E-state index is 13.4. The minimum Gasteiger partial charge on any atom is -0.316 e. The molecule has 1 unspecified atom stereocenters. The smallest absolute Gasteiger partial charge is 0.136 e. The standard InChI is InChI=1S/C13H18FNS/c1-15-12(10-5-4-6-10)9-16-13-8-3-2-7-11(13)14/h2-3,7-8,10,12,15H,4-6,9H2,1H3. The topological polar surface area (TPSA) is 12.0 Å². The van der Waals surface area contributed by atoms with E-state index in [2.05, 4.69) is 5.32 Å². The molecule has 1 N–H and O–H groups in total. The monoisotopic (exact) mass is 239 g/mol. The van der Waals surface area contributed by atoms with Crippen LogP contribution in [0.15, 0.2) is 29.2 Å². The van der Waals surface area contributed by atoms with Gasteiger partial charge in [0.2, 0.25) is 0 Å². The van der Waals surface area contributed by atoms with Gasteiger partial charge in [0.1, 0.15) is 5.82 Å². The van der Waals surface area contributed by atoms with Crippen LogP contribution in [0.25, 0.3) is 0 Å². The van der Waals surface area contributed by atoms with Crippen molar-refractivity contribution in [2.75, 3.05) is 12.8 Å². The van der Waals surface area contributed by atoms with Gasteiger partial charge >= 0.3 is 0 Å². The van der Waals surface area contributed by atoms with E-state index < -0.39 is 0 Å². The molecule has 1 aromatic carbocycles. The zero-order valence-electron chi connectivity index (χ0n) is 9.58. The largest absolute Gasteiger partial charge is 0.316 e. The van der Waals surface area contributed by atoms with Crippen LogP contribution in [-0.4, -0.2) is 18.8 Å². The van der Waals surface area contributed by atoms with Crippen LogP contribution >= 0.6 is 11.8 Å². The van der Waals surface area contributed by atoms with Crippen LogP contribution in [-0.2, 0) is 0 Å². The molecule has 1 aliphatic rings. The predicted molar refractivity (Wildman–Crippen MR) is 67.3 cm³/mol. The van der Waals surface area contributed by atoms with E-state index in [9.17, 15) is 4.39 Å². The Balaban J connectivity index is 1.88. The number of thioether (sulfide) groups is 1. The van der Waals surface area contributed by atoms with E-state index in [1.165, 1.54) is 25.3 Å². The molecule has 0 aromatic heterocycles. The van der Waals surface area contributed by atoms with Gasteiger partial charge in [-0.3, -0.25) is 0 Å². The number of nitrogens with one attached hydrogen (secondary N) is 1. The fourth-order valence-corrected chi connectivity index (χ4v) is 3.22. The maximum Gasteiger partial charge on any atom is 0.136 e. The lowest BCUT2D eigenvalue weighted by Crippen LogP contribution is -2.39. The number of benzene rings is 1. The Hall–Kier alpha value is -0.540. The van der Waals surface area contributed by atoms with Gasteiger partial charge in [0.15, 0.2) is 0 Å². The van der Waals surface area contributed by atoms with E-state index >= 15 is 0 Å². The lowest BCUT2D eigenvalue weighted by atomic mass is 9.80. The summed E-state index contributed by atoms with van der Waals surface area (Å²) in [6, 6.07) is 7.54. The van der Waals surface area contributed by atoms with Crippen molar-refractivity contribution in [3.63, 3.8) is 0 Å². The average Bonchev–Trinajstić information content (AvgIpc) is 2.23. The highest BCUT2D eigenvalue weighted by molar-refractivity contribution is 7.99. The van der Waals surface area contributed by atoms with Crippen molar-refractivity contribution in [3.8, 4) is 0 Å². The van der Waals surface area contributed by atoms with Crippen molar-refractivity contribution in [3.05, 3.63) is 30.1 Å². The van der Waals surface area contributed by atoms with Gasteiger partial charge in [0.05, 0.1) is 0 Å². The fourth-order valence-electron chi connectivity index (χ4n) is 2.04. The molecular weight excluding hydrogens is 221 g/mol. The van der Waals surface area contributed by atoms with Crippen LogP contribution in [0.3, 0.4) is 0 Å². The van der Waals surface area contributed by atoms with Gasteiger partial charge in [-0.1, -0.05) is 18.6 Å². The minimum atomic E-state index is -0.101. The second kappa shape index (κ2) is 5.69. The molecule has 0 spiro atoms. The third-order valence-electron chi connectivity index (χ3n) is 3.34. The molecule has 88 valence electrons. The first kappa shape index (κ1) is 11.9. The highest BCUT2D eigenvalue weighted by atomic mass is 32.2. The number of hydrogen-bond donors (Lipinski definition) is 1. The van der Waals surface area contributed by atoms with Crippen molar-refractivity contribution < 1.29 is 4.39 Å². The molecule has 0 bridgehead atoms. The highest BCUT2D eigenvalue weighted by Gasteiger charge is 2.26. The van der Waals surface area contributed by atoms with Crippen LogP contribution in [0.2, 0.25) is 0 Å². The van der Waals surface area contributed by atoms with Crippen LogP contribution < -0.4 is 5.32 Å². The molecule has 3 heteroatoms. The molecule has 1 saturated carbocycles. The quantitative estimate of drug-likeness (QED) is 0.791. The van der Waals surface area contributed by atoms with Crippen LogP contribution in [0.5, 0.6) is 0 Å². The highest BCUT2D eigenvalue weighted by Crippen LogP contribution is 2.32. The molecule has 1 fully saturated rings. The number of hydrogen-bond acceptors (Lipinski definition) is 2. The zero-order valence-corrected chi connectivity index (χ0v) is 10.4. The number of halogens is 1. The summed E-state index contributed by atoms with van der Waals surface area (Å²) in [5, 5.41) is 3.35. The summed E-state index contributed by atoms with van der Waals surface area (Å²) >= 11 is 1.62. The summed E-state index contributed by atoms with van der Waals surface area (Å²) in [7, 11) is 2.00. The molecular formula is C13H18FNS. The van der Waals surface area contributed by atoms with Gasteiger partial charge < -0.3 is 5.32 Å². The summed E-state index contributed by atoms with van der Waals surface area (Å²) in [6.07, 6.45) is 4.00. The van der Waals surface area contributed by atoms with Gasteiger partial charge in [-0.2, -0.15) is 0 Å². The third kappa shape index (κ3) is 2.77. The predicted octanol–water partition coefficient (Wildman–Crippen LogP) is 3.31. The van der Waals surface area contributed by atoms with Gasteiger partial charge in [-0.05, 0) is 37.9 Å². The molecule has 0 radical (unpaired) electrons. The van der Waals surface area contributed by atoms with Crippen LogP contribution in [0.1, 0.15) is 19.3 Å². The lowest BCUT2D eigenvalue weighted by molar-refractivity contribution is 0.252. The first-order chi connectivity index (χ1) is 7.81. The fraction of sp³-hybridized carbons (Fsp3) is 0.538. The Labute approximate surface area is 101 Å². The molecule has 0 amide bonds. The Morgan fingerprint density at radius 2 is 2.19 bits per heavy atom. The molecule has 0 aliphatic heterocycles. The van der Waals surface area contributed by atoms with Crippen molar-refractivity contribution in [2.45, 2.75) is 30.2 Å². The molecule has 1 aromatic rings. The number of rotatable bonds is 5. The van der Waals surface area contributed by atoms with Crippen molar-refractivity contribution in [1.29, 1.82) is 0 Å². The second-order valence-electron chi connectivity index (χ2n) is 4.33. The molecule has 2 rings (SSSR count). The lowest BCUT2D eigenvalue weighted by Gasteiger charge is -2.33. The van der Waals surface area contributed by atoms with E-state index in [1.54, 1.807) is 17.8 Å². The van der Waals surface area contributed by atoms with E-state index in [0.29, 0.717) is 6.04 Å². The van der Waals surface area contributed by atoms with Gasteiger partial charge in [0.25, 0.3) is 0 Å². The van der Waals surface area contributed by atoms with Gasteiger partial charge in [-0.25, -0.2) is 4.39 Å². The van der Waals surface area contributed by atoms with Crippen LogP contribution in [0.4, 0.5) is 4.39 Å². The van der Waals surface area contributed by atoms with Crippen molar-refractivity contribution in [1.82, 2.24) is 5.32 Å². The van der Waals surface area contributed by atoms with Crippen molar-refractivity contribution >= 4 is 11.8 Å². The second-order valence-corrected chi connectivity index (χ2v) is 5.39. The molecule has 0 heterocycles. The molecule has 1 atom stereocenters. The van der Waals surface area contributed by atoms with E-state index in [-0.39, 0.29) is 5.82 Å². The van der Waals surface area contributed by atoms with Gasteiger partial charge in [0, 0.05) is 16.7 Å². The maximum atomic E-state index is 13.4. The van der Waals surface area contributed by atoms with E-state index in [4.69, 9.17) is 0 Å². The first-order valence-corrected chi connectivity index (χ1v) is 6.84. The average molecular weight is 239 g/mol. The SMILES string of the molecule is CNC(CSc1ccccc1F)C1CCC1. The Morgan fingerprint density at radius 1 is 1.44 bits per heavy atom. The summed E-state index contributed by atoms with van der Waals surface area (Å²) in [4.78, 5) is 0.766. The third-order valence-corrected chi connectivity index (χ3v) is 4.51. The minimum absolute atomic E-state index is 0.101. The van der Waals surface area contributed by atoms with E-state index in [0.717, 1.165) is 16.6 Å². The summed E-state index contributed by atoms with van der Waals surface area (Å²) in [5.41, 5.74) is 0. The molecule has 16 heavy (non-hydrogen) atoms. The van der Waals surface area contributed by atoms with Crippen LogP contribution in [0, 0.1) is 11.7 Å². The summed E-state index contributed by atoms with van der Waals surface area (Å²) in [6.45, 7) is 0. The molecule has 0 saturated heterocycles. The Bertz CT molecular complexity index is 338. The molecule has 1 nitrogen and oxygen atoms in total. The van der Waals surface area contributed by atoms with Gasteiger partial charge in [-0.15, -0.1) is 11.8 Å². The van der Waals surface area contributed by atoms with E-state index in [1.807, 2.05) is 19.2 Å². The normalized spacial score (nSPS) is 18.1. The Kier molecular flexibility index (Phi) is 4.24. The zero-order chi connectivity index (χ0) is 11.4. The Morgan fingerprint density at radius 3 is 2.75 bits per heavy atom. The summed E-state index contributed by atoms with van der Waals surface area (Å²) < 4.78 is 13.4.